The molecule has 0 radical (unpaired) electrons. The van der Waals surface area contributed by atoms with Gasteiger partial charge in [0.1, 0.15) is 12.1 Å². The zero-order chi connectivity index (χ0) is 19.7. The summed E-state index contributed by atoms with van der Waals surface area (Å²) < 4.78 is 7.64. The first-order valence-corrected chi connectivity index (χ1v) is 9.42. The molecule has 0 atom stereocenters. The Hall–Kier alpha value is -3.22. The minimum atomic E-state index is 0.0665. The highest BCUT2D eigenvalue weighted by Gasteiger charge is 2.24. The van der Waals surface area contributed by atoms with Crippen molar-refractivity contribution in [3.63, 3.8) is 0 Å². The van der Waals surface area contributed by atoms with Crippen LogP contribution in [0.15, 0.2) is 36.7 Å². The van der Waals surface area contributed by atoms with Crippen LogP contribution in [-0.4, -0.2) is 25.7 Å². The van der Waals surface area contributed by atoms with Gasteiger partial charge in [0.25, 0.3) is 0 Å². The molecule has 144 valence electrons. The predicted octanol–water partition coefficient (Wildman–Crippen LogP) is 4.12. The van der Waals surface area contributed by atoms with Crippen LogP contribution < -0.4 is 10.1 Å². The summed E-state index contributed by atoms with van der Waals surface area (Å²) in [4.78, 5) is 20.4. The molecule has 7 nitrogen and oxygen atoms in total. The number of nitrogens with zero attached hydrogens (tertiary/aromatic N) is 4. The molecule has 1 fully saturated rings. The minimum Gasteiger partial charge on any atom is -0.439 e. The number of hydrogen-bond acceptors (Lipinski definition) is 5. The molecule has 1 amide bonds. The smallest absolute Gasteiger partial charge is 0.224 e. The zero-order valence-electron chi connectivity index (χ0n) is 16.3. The number of carbonyl (C=O) groups excluding carboxylic acids is 1. The standard InChI is InChI=1S/C21H23N5O2/c1-13-14(2)25-26(15(13)3)19-11-21(23-12-22-19)28-18-8-6-17(7-9-18)24-20(27)10-16-4-5-16/h6-9,11-12,16H,4-5,10H2,1-3H3,(H,24,27). The molecule has 2 heterocycles. The largest absolute Gasteiger partial charge is 0.439 e. The lowest BCUT2D eigenvalue weighted by Crippen LogP contribution is -2.11. The van der Waals surface area contributed by atoms with Gasteiger partial charge >= 0.3 is 0 Å². The number of rotatable bonds is 6. The van der Waals surface area contributed by atoms with Crippen LogP contribution in [0, 0.1) is 26.7 Å². The van der Waals surface area contributed by atoms with Crippen LogP contribution in [0.4, 0.5) is 5.69 Å². The number of aromatic nitrogens is 4. The Bertz CT molecular complexity index is 1010. The van der Waals surface area contributed by atoms with Crippen LogP contribution in [0.1, 0.15) is 36.2 Å². The minimum absolute atomic E-state index is 0.0665. The number of benzene rings is 1. The summed E-state index contributed by atoms with van der Waals surface area (Å²) >= 11 is 0. The zero-order valence-corrected chi connectivity index (χ0v) is 16.3. The van der Waals surface area contributed by atoms with E-state index in [0.717, 1.165) is 35.5 Å². The number of amides is 1. The van der Waals surface area contributed by atoms with Crippen molar-refractivity contribution in [3.8, 4) is 17.4 Å². The van der Waals surface area contributed by atoms with Crippen LogP contribution in [0.2, 0.25) is 0 Å². The van der Waals surface area contributed by atoms with E-state index in [4.69, 9.17) is 4.74 Å². The molecule has 28 heavy (non-hydrogen) atoms. The van der Waals surface area contributed by atoms with Crippen LogP contribution in [0.25, 0.3) is 5.82 Å². The second-order valence-electron chi connectivity index (χ2n) is 7.24. The maximum Gasteiger partial charge on any atom is 0.224 e. The summed E-state index contributed by atoms with van der Waals surface area (Å²) in [7, 11) is 0. The van der Waals surface area contributed by atoms with Gasteiger partial charge in [0.2, 0.25) is 11.8 Å². The fourth-order valence-electron chi connectivity index (χ4n) is 2.97. The third-order valence-electron chi connectivity index (χ3n) is 5.03. The molecule has 1 saturated carbocycles. The van der Waals surface area contributed by atoms with Gasteiger partial charge in [-0.25, -0.2) is 14.6 Å². The summed E-state index contributed by atoms with van der Waals surface area (Å²) in [6.45, 7) is 6.02. The fraction of sp³-hybridized carbons (Fsp3) is 0.333. The molecule has 4 rings (SSSR count). The lowest BCUT2D eigenvalue weighted by atomic mass is 10.2. The van der Waals surface area contributed by atoms with Crippen molar-refractivity contribution in [1.82, 2.24) is 19.7 Å². The molecule has 3 aromatic rings. The van der Waals surface area contributed by atoms with Crippen LogP contribution in [-0.2, 0) is 4.79 Å². The molecule has 1 aliphatic carbocycles. The van der Waals surface area contributed by atoms with E-state index in [1.165, 1.54) is 6.33 Å². The van der Waals surface area contributed by atoms with Gasteiger partial charge in [0.15, 0.2) is 5.82 Å². The Morgan fingerprint density at radius 1 is 1.18 bits per heavy atom. The molecule has 2 aromatic heterocycles. The Morgan fingerprint density at radius 3 is 2.57 bits per heavy atom. The number of nitrogens with one attached hydrogen (secondary N) is 1. The molecule has 1 N–H and O–H groups in total. The van der Waals surface area contributed by atoms with Gasteiger partial charge in [0.05, 0.1) is 5.69 Å². The monoisotopic (exact) mass is 377 g/mol. The average molecular weight is 377 g/mol. The normalized spacial score (nSPS) is 13.4. The number of aryl methyl sites for hydroxylation is 1. The van der Waals surface area contributed by atoms with Gasteiger partial charge in [-0.2, -0.15) is 5.10 Å². The van der Waals surface area contributed by atoms with E-state index < -0.39 is 0 Å². The van der Waals surface area contributed by atoms with Crippen molar-refractivity contribution < 1.29 is 9.53 Å². The third kappa shape index (κ3) is 4.03. The van der Waals surface area contributed by atoms with Crippen molar-refractivity contribution in [3.05, 3.63) is 53.6 Å². The number of hydrogen-bond donors (Lipinski definition) is 1. The van der Waals surface area contributed by atoms with E-state index in [1.807, 2.05) is 45.0 Å². The van der Waals surface area contributed by atoms with E-state index in [0.29, 0.717) is 29.8 Å². The summed E-state index contributed by atoms with van der Waals surface area (Å²) in [6.07, 6.45) is 4.40. The molecule has 0 spiro atoms. The van der Waals surface area contributed by atoms with E-state index in [2.05, 4.69) is 20.4 Å². The van der Waals surface area contributed by atoms with Crippen molar-refractivity contribution in [1.29, 1.82) is 0 Å². The fourth-order valence-corrected chi connectivity index (χ4v) is 2.97. The highest BCUT2D eigenvalue weighted by molar-refractivity contribution is 5.91. The third-order valence-corrected chi connectivity index (χ3v) is 5.03. The first-order valence-electron chi connectivity index (χ1n) is 9.42. The second-order valence-corrected chi connectivity index (χ2v) is 7.24. The Balaban J connectivity index is 1.45. The predicted molar refractivity (Wildman–Crippen MR) is 106 cm³/mol. The molecular formula is C21H23N5O2. The van der Waals surface area contributed by atoms with E-state index in [1.54, 1.807) is 10.7 Å². The molecule has 7 heteroatoms. The van der Waals surface area contributed by atoms with Crippen molar-refractivity contribution >= 4 is 11.6 Å². The van der Waals surface area contributed by atoms with Crippen molar-refractivity contribution in [2.24, 2.45) is 5.92 Å². The molecule has 1 aromatic carbocycles. The molecule has 0 bridgehead atoms. The molecule has 0 aliphatic heterocycles. The second kappa shape index (κ2) is 7.42. The maximum atomic E-state index is 11.9. The lowest BCUT2D eigenvalue weighted by molar-refractivity contribution is -0.116. The molecular weight excluding hydrogens is 354 g/mol. The summed E-state index contributed by atoms with van der Waals surface area (Å²) in [5, 5.41) is 7.44. The molecule has 0 saturated heterocycles. The van der Waals surface area contributed by atoms with Gasteiger partial charge in [-0.3, -0.25) is 4.79 Å². The Kier molecular flexibility index (Phi) is 4.81. The highest BCUT2D eigenvalue weighted by atomic mass is 16.5. The Morgan fingerprint density at radius 2 is 1.93 bits per heavy atom. The SMILES string of the molecule is Cc1nn(-c2cc(Oc3ccc(NC(=O)CC4CC4)cc3)ncn2)c(C)c1C. The molecule has 0 unspecified atom stereocenters. The van der Waals surface area contributed by atoms with Gasteiger partial charge in [-0.1, -0.05) is 0 Å². The first-order chi connectivity index (χ1) is 13.5. The van der Waals surface area contributed by atoms with Gasteiger partial charge in [-0.05, 0) is 69.4 Å². The summed E-state index contributed by atoms with van der Waals surface area (Å²) in [5.74, 6) is 2.36. The van der Waals surface area contributed by atoms with Crippen molar-refractivity contribution in [2.75, 3.05) is 5.32 Å². The van der Waals surface area contributed by atoms with Crippen LogP contribution in [0.5, 0.6) is 11.6 Å². The van der Waals surface area contributed by atoms with Crippen LogP contribution in [0.3, 0.4) is 0 Å². The average Bonchev–Trinajstić information content (AvgIpc) is 3.46. The van der Waals surface area contributed by atoms with E-state index in [9.17, 15) is 4.79 Å². The summed E-state index contributed by atoms with van der Waals surface area (Å²) in [6, 6.07) is 9.02. The highest BCUT2D eigenvalue weighted by Crippen LogP contribution is 2.32. The number of ether oxygens (including phenoxy) is 1. The van der Waals surface area contributed by atoms with E-state index in [-0.39, 0.29) is 5.91 Å². The first kappa shape index (κ1) is 18.2. The van der Waals surface area contributed by atoms with Gasteiger partial charge in [0, 0.05) is 23.9 Å². The van der Waals surface area contributed by atoms with Crippen LogP contribution >= 0.6 is 0 Å². The Labute approximate surface area is 163 Å². The van der Waals surface area contributed by atoms with Gasteiger partial charge < -0.3 is 10.1 Å². The maximum absolute atomic E-state index is 11.9. The topological polar surface area (TPSA) is 81.9 Å². The van der Waals surface area contributed by atoms with Gasteiger partial charge in [-0.15, -0.1) is 0 Å². The number of anilines is 1. The van der Waals surface area contributed by atoms with Crippen molar-refractivity contribution in [2.45, 2.75) is 40.0 Å². The quantitative estimate of drug-likeness (QED) is 0.699. The van der Waals surface area contributed by atoms with E-state index >= 15 is 0 Å². The summed E-state index contributed by atoms with van der Waals surface area (Å²) in [5.41, 5.74) is 3.91. The lowest BCUT2D eigenvalue weighted by Gasteiger charge is -2.09. The number of carbonyl (C=O) groups is 1. The molecule has 1 aliphatic rings.